The van der Waals surface area contributed by atoms with E-state index in [1.54, 1.807) is 11.3 Å². The molecule has 112 valence electrons. The van der Waals surface area contributed by atoms with Gasteiger partial charge in [0.2, 0.25) is 0 Å². The van der Waals surface area contributed by atoms with Crippen LogP contribution < -0.4 is 0 Å². The molecule has 0 spiro atoms. The van der Waals surface area contributed by atoms with Gasteiger partial charge in [-0.1, -0.05) is 31.6 Å². The third-order valence-electron chi connectivity index (χ3n) is 3.25. The summed E-state index contributed by atoms with van der Waals surface area (Å²) in [6.07, 6.45) is 4.42. The molecular formula is C17H27NOS. The number of unbranched alkanes of at least 4 members (excludes halogenated alkanes) is 2. The molecule has 0 aliphatic heterocycles. The molecule has 0 radical (unpaired) electrons. The number of aliphatic hydroxyl groups is 1. The van der Waals surface area contributed by atoms with Crippen molar-refractivity contribution in [1.82, 2.24) is 4.90 Å². The summed E-state index contributed by atoms with van der Waals surface area (Å²) in [4.78, 5) is 5.01. The summed E-state index contributed by atoms with van der Waals surface area (Å²) < 4.78 is 0. The Balaban J connectivity index is 2.54. The van der Waals surface area contributed by atoms with Crippen molar-refractivity contribution in [3.8, 4) is 11.8 Å². The largest absolute Gasteiger partial charge is 0.395 e. The lowest BCUT2D eigenvalue weighted by molar-refractivity contribution is 0.210. The first-order chi connectivity index (χ1) is 9.67. The van der Waals surface area contributed by atoms with E-state index in [4.69, 9.17) is 5.11 Å². The standard InChI is InChI=1S/C17H27NOS/c1-4-5-7-12-18(15(2)3)14-17-11-10-16(20-17)9-6-8-13-19/h10-11,15,19H,4-5,7-8,12-14H2,1-3H3. The van der Waals surface area contributed by atoms with E-state index in [0.29, 0.717) is 12.5 Å². The molecule has 2 nitrogen and oxygen atoms in total. The van der Waals surface area contributed by atoms with Crippen LogP contribution in [0.4, 0.5) is 0 Å². The lowest BCUT2D eigenvalue weighted by atomic mass is 10.2. The smallest absolute Gasteiger partial charge is 0.0771 e. The zero-order valence-corrected chi connectivity index (χ0v) is 13.8. The highest BCUT2D eigenvalue weighted by atomic mass is 32.1. The SMILES string of the molecule is CCCCCN(Cc1ccc(C#CCCO)s1)C(C)C. The van der Waals surface area contributed by atoms with Gasteiger partial charge in [-0.15, -0.1) is 11.3 Å². The van der Waals surface area contributed by atoms with E-state index in [9.17, 15) is 0 Å². The van der Waals surface area contributed by atoms with Crippen LogP contribution in [-0.2, 0) is 6.54 Å². The van der Waals surface area contributed by atoms with Gasteiger partial charge in [-0.25, -0.2) is 0 Å². The summed E-state index contributed by atoms with van der Waals surface area (Å²) in [7, 11) is 0. The third-order valence-corrected chi connectivity index (χ3v) is 4.23. The van der Waals surface area contributed by atoms with E-state index < -0.39 is 0 Å². The van der Waals surface area contributed by atoms with Crippen LogP contribution in [0.25, 0.3) is 0 Å². The minimum atomic E-state index is 0.143. The molecule has 0 bridgehead atoms. The molecule has 1 N–H and O–H groups in total. The number of nitrogens with zero attached hydrogens (tertiary/aromatic N) is 1. The van der Waals surface area contributed by atoms with Crippen LogP contribution in [0, 0.1) is 11.8 Å². The molecule has 0 atom stereocenters. The monoisotopic (exact) mass is 293 g/mol. The normalized spacial score (nSPS) is 10.9. The van der Waals surface area contributed by atoms with E-state index >= 15 is 0 Å². The van der Waals surface area contributed by atoms with Crippen LogP contribution in [-0.4, -0.2) is 29.2 Å². The Morgan fingerprint density at radius 3 is 2.75 bits per heavy atom. The molecule has 0 saturated heterocycles. The fraction of sp³-hybridized carbons (Fsp3) is 0.647. The van der Waals surface area contributed by atoms with E-state index in [-0.39, 0.29) is 6.61 Å². The number of rotatable bonds is 8. The fourth-order valence-corrected chi connectivity index (χ4v) is 2.93. The van der Waals surface area contributed by atoms with Gasteiger partial charge < -0.3 is 5.11 Å². The second kappa shape index (κ2) is 9.99. The highest BCUT2D eigenvalue weighted by molar-refractivity contribution is 7.12. The highest BCUT2D eigenvalue weighted by Crippen LogP contribution is 2.19. The second-order valence-corrected chi connectivity index (χ2v) is 6.48. The minimum Gasteiger partial charge on any atom is -0.395 e. The van der Waals surface area contributed by atoms with Gasteiger partial charge in [-0.05, 0) is 38.9 Å². The van der Waals surface area contributed by atoms with Crippen LogP contribution in [0.15, 0.2) is 12.1 Å². The number of thiophene rings is 1. The highest BCUT2D eigenvalue weighted by Gasteiger charge is 2.10. The maximum absolute atomic E-state index is 8.73. The Bertz CT molecular complexity index is 428. The molecule has 3 heteroatoms. The van der Waals surface area contributed by atoms with Gasteiger partial charge in [-0.3, -0.25) is 4.90 Å². The summed E-state index contributed by atoms with van der Waals surface area (Å²) in [6, 6.07) is 4.86. The van der Waals surface area contributed by atoms with Crippen molar-refractivity contribution in [2.75, 3.05) is 13.2 Å². The summed E-state index contributed by atoms with van der Waals surface area (Å²) >= 11 is 1.77. The van der Waals surface area contributed by atoms with E-state index in [1.807, 2.05) is 0 Å². The van der Waals surface area contributed by atoms with Crippen molar-refractivity contribution in [3.63, 3.8) is 0 Å². The Labute approximate surface area is 127 Å². The zero-order chi connectivity index (χ0) is 14.8. The molecule has 0 aliphatic carbocycles. The van der Waals surface area contributed by atoms with Crippen LogP contribution in [0.3, 0.4) is 0 Å². The summed E-state index contributed by atoms with van der Waals surface area (Å²) in [5.74, 6) is 6.09. The van der Waals surface area contributed by atoms with Gasteiger partial charge in [0.05, 0.1) is 11.5 Å². The molecule has 1 heterocycles. The van der Waals surface area contributed by atoms with Crippen LogP contribution in [0.1, 0.15) is 56.2 Å². The molecule has 0 aliphatic rings. The Kier molecular flexibility index (Phi) is 8.60. The molecular weight excluding hydrogens is 266 g/mol. The van der Waals surface area contributed by atoms with Crippen molar-refractivity contribution in [2.24, 2.45) is 0 Å². The summed E-state index contributed by atoms with van der Waals surface area (Å²) in [6.45, 7) is 9.12. The lowest BCUT2D eigenvalue weighted by Gasteiger charge is -2.25. The maximum Gasteiger partial charge on any atom is 0.0771 e. The molecule has 0 fully saturated rings. The predicted octanol–water partition coefficient (Wildman–Crippen LogP) is 3.88. The van der Waals surface area contributed by atoms with Gasteiger partial charge in [0.1, 0.15) is 0 Å². The summed E-state index contributed by atoms with van der Waals surface area (Å²) in [5.41, 5.74) is 0. The number of hydrogen-bond donors (Lipinski definition) is 1. The van der Waals surface area contributed by atoms with Gasteiger partial charge in [0.25, 0.3) is 0 Å². The molecule has 20 heavy (non-hydrogen) atoms. The van der Waals surface area contributed by atoms with E-state index in [0.717, 1.165) is 11.4 Å². The quantitative estimate of drug-likeness (QED) is 0.581. The van der Waals surface area contributed by atoms with E-state index in [2.05, 4.69) is 49.6 Å². The number of hydrogen-bond acceptors (Lipinski definition) is 3. The second-order valence-electron chi connectivity index (χ2n) is 5.31. The van der Waals surface area contributed by atoms with Gasteiger partial charge in [-0.2, -0.15) is 0 Å². The van der Waals surface area contributed by atoms with Crippen LogP contribution >= 0.6 is 11.3 Å². The first kappa shape index (κ1) is 17.2. The van der Waals surface area contributed by atoms with Crippen molar-refractivity contribution < 1.29 is 5.11 Å². The molecule has 0 unspecified atom stereocenters. The average Bonchev–Trinajstić information content (AvgIpc) is 2.86. The average molecular weight is 293 g/mol. The topological polar surface area (TPSA) is 23.5 Å². The predicted molar refractivity (Wildman–Crippen MR) is 88.0 cm³/mol. The molecule has 0 saturated carbocycles. The van der Waals surface area contributed by atoms with Crippen molar-refractivity contribution in [1.29, 1.82) is 0 Å². The Morgan fingerprint density at radius 2 is 2.10 bits per heavy atom. The van der Waals surface area contributed by atoms with Crippen LogP contribution in [0.2, 0.25) is 0 Å². The van der Waals surface area contributed by atoms with Crippen molar-refractivity contribution >= 4 is 11.3 Å². The fourth-order valence-electron chi connectivity index (χ4n) is 2.02. The summed E-state index contributed by atoms with van der Waals surface area (Å²) in [5, 5.41) is 8.73. The third kappa shape index (κ3) is 6.56. The minimum absolute atomic E-state index is 0.143. The molecule has 1 rings (SSSR count). The van der Waals surface area contributed by atoms with Crippen molar-refractivity contribution in [2.45, 2.75) is 59.0 Å². The molecule has 0 aromatic carbocycles. The Morgan fingerprint density at radius 1 is 1.30 bits per heavy atom. The van der Waals surface area contributed by atoms with Gasteiger partial charge in [0, 0.05) is 23.9 Å². The van der Waals surface area contributed by atoms with E-state index in [1.165, 1.54) is 30.7 Å². The van der Waals surface area contributed by atoms with Gasteiger partial charge >= 0.3 is 0 Å². The van der Waals surface area contributed by atoms with Crippen molar-refractivity contribution in [3.05, 3.63) is 21.9 Å². The molecule has 0 amide bonds. The molecule has 1 aromatic rings. The maximum atomic E-state index is 8.73. The number of aliphatic hydroxyl groups excluding tert-OH is 1. The first-order valence-corrected chi connectivity index (χ1v) is 8.41. The van der Waals surface area contributed by atoms with Crippen LogP contribution in [0.5, 0.6) is 0 Å². The Hall–Kier alpha value is -0.820. The van der Waals surface area contributed by atoms with Gasteiger partial charge in [0.15, 0.2) is 0 Å². The zero-order valence-electron chi connectivity index (χ0n) is 13.0. The lowest BCUT2D eigenvalue weighted by Crippen LogP contribution is -2.30. The first-order valence-electron chi connectivity index (χ1n) is 7.59. The molecule has 1 aromatic heterocycles.